The molecule has 39 heavy (non-hydrogen) atoms. The fourth-order valence-corrected chi connectivity index (χ4v) is 6.35. The molecule has 198 valence electrons. The van der Waals surface area contributed by atoms with Crippen molar-refractivity contribution in [2.24, 2.45) is 0 Å². The summed E-state index contributed by atoms with van der Waals surface area (Å²) in [6.45, 7) is 6.91. The van der Waals surface area contributed by atoms with Crippen LogP contribution in [0.1, 0.15) is 24.1 Å². The summed E-state index contributed by atoms with van der Waals surface area (Å²) in [6.07, 6.45) is 3.49. The number of hydrogen-bond acceptors (Lipinski definition) is 8. The molecule has 9 nitrogen and oxygen atoms in total. The van der Waals surface area contributed by atoms with E-state index in [0.717, 1.165) is 77.4 Å². The molecule has 10 heteroatoms. The van der Waals surface area contributed by atoms with Crippen LogP contribution in [0.5, 0.6) is 0 Å². The van der Waals surface area contributed by atoms with Crippen LogP contribution in [0.25, 0.3) is 32.6 Å². The Morgan fingerprint density at radius 1 is 1.08 bits per heavy atom. The fraction of sp³-hybridized carbons (Fsp3) is 0.345. The second-order valence-corrected chi connectivity index (χ2v) is 10.9. The number of nitrogens with zero attached hydrogens (tertiary/aromatic N) is 6. The zero-order valence-electron chi connectivity index (χ0n) is 21.8. The van der Waals surface area contributed by atoms with Crippen molar-refractivity contribution >= 4 is 33.4 Å². The Balaban J connectivity index is 1.27. The first-order valence-electron chi connectivity index (χ1n) is 13.2. The molecule has 0 atom stereocenters. The van der Waals surface area contributed by atoms with Gasteiger partial charge >= 0.3 is 6.03 Å². The van der Waals surface area contributed by atoms with Crippen molar-refractivity contribution in [3.8, 4) is 27.8 Å². The molecule has 2 aromatic heterocycles. The van der Waals surface area contributed by atoms with E-state index in [4.69, 9.17) is 9.72 Å². The fourth-order valence-electron chi connectivity index (χ4n) is 5.38. The number of ether oxygens (including phenoxy) is 1. The van der Waals surface area contributed by atoms with Gasteiger partial charge in [-0.2, -0.15) is 5.26 Å². The lowest BCUT2D eigenvalue weighted by molar-refractivity contribution is 0.00419. The molecule has 0 bridgehead atoms. The van der Waals surface area contributed by atoms with Crippen molar-refractivity contribution in [2.45, 2.75) is 25.8 Å². The van der Waals surface area contributed by atoms with Gasteiger partial charge in [0.05, 0.1) is 40.9 Å². The maximum Gasteiger partial charge on any atom is 0.323 e. The van der Waals surface area contributed by atoms with E-state index in [0.29, 0.717) is 29.8 Å². The number of aryl methyl sites for hydroxylation is 1. The number of carbonyl (C=O) groups excluding carboxylic acids is 1. The highest BCUT2D eigenvalue weighted by Gasteiger charge is 2.28. The Bertz CT molecular complexity index is 1550. The van der Waals surface area contributed by atoms with Crippen LogP contribution in [0.2, 0.25) is 0 Å². The van der Waals surface area contributed by atoms with E-state index in [1.807, 2.05) is 42.2 Å². The van der Waals surface area contributed by atoms with Crippen molar-refractivity contribution in [1.82, 2.24) is 24.8 Å². The molecule has 2 aliphatic rings. The average Bonchev–Trinajstić information content (AvgIpc) is 3.41. The topological polar surface area (TPSA) is 107 Å². The van der Waals surface area contributed by atoms with Crippen molar-refractivity contribution < 1.29 is 9.53 Å². The van der Waals surface area contributed by atoms with Crippen LogP contribution >= 0.6 is 11.3 Å². The van der Waals surface area contributed by atoms with Gasteiger partial charge in [-0.1, -0.05) is 29.5 Å². The number of hydrogen-bond donors (Lipinski definition) is 1. The van der Waals surface area contributed by atoms with Gasteiger partial charge in [-0.05, 0) is 49.6 Å². The van der Waals surface area contributed by atoms with Crippen LogP contribution in [0.15, 0.2) is 48.8 Å². The van der Waals surface area contributed by atoms with E-state index in [-0.39, 0.29) is 6.03 Å². The molecule has 1 N–H and O–H groups in total. The number of urea groups is 1. The molecule has 2 aromatic carbocycles. The molecule has 0 unspecified atom stereocenters. The molecule has 4 heterocycles. The van der Waals surface area contributed by atoms with Gasteiger partial charge in [0.1, 0.15) is 6.33 Å². The van der Waals surface area contributed by atoms with Crippen LogP contribution in [-0.4, -0.2) is 76.2 Å². The Labute approximate surface area is 231 Å². The number of benzene rings is 2. The third-order valence-electron chi connectivity index (χ3n) is 7.52. The highest BCUT2D eigenvalue weighted by Crippen LogP contribution is 2.40. The van der Waals surface area contributed by atoms with Crippen molar-refractivity contribution in [1.29, 1.82) is 5.26 Å². The summed E-state index contributed by atoms with van der Waals surface area (Å²) < 4.78 is 5.49. The van der Waals surface area contributed by atoms with Gasteiger partial charge in [-0.3, -0.25) is 10.2 Å². The Kier molecular flexibility index (Phi) is 7.20. The monoisotopic (exact) mass is 539 g/mol. The summed E-state index contributed by atoms with van der Waals surface area (Å²) >= 11 is 1.44. The van der Waals surface area contributed by atoms with E-state index in [1.165, 1.54) is 11.3 Å². The SMILES string of the molecule is Cc1ncnc2ccc(-c3sc(NC(=O)N4CCC(N5CCOCC5)CC4)nc3-c3cccc(C#N)c3)cc12. The number of fused-ring (bicyclic) bond motifs is 1. The van der Waals surface area contributed by atoms with Crippen LogP contribution in [0.4, 0.5) is 9.93 Å². The van der Waals surface area contributed by atoms with Gasteiger partial charge in [0.15, 0.2) is 5.13 Å². The highest BCUT2D eigenvalue weighted by molar-refractivity contribution is 7.19. The van der Waals surface area contributed by atoms with Gasteiger partial charge in [-0.25, -0.2) is 19.7 Å². The van der Waals surface area contributed by atoms with Crippen LogP contribution in [-0.2, 0) is 4.74 Å². The van der Waals surface area contributed by atoms with E-state index in [2.05, 4.69) is 32.3 Å². The number of rotatable bonds is 4. The number of aromatic nitrogens is 3. The zero-order valence-corrected chi connectivity index (χ0v) is 22.6. The average molecular weight is 540 g/mol. The minimum Gasteiger partial charge on any atom is -0.379 e. The van der Waals surface area contributed by atoms with Crippen molar-refractivity contribution in [3.63, 3.8) is 0 Å². The molecule has 2 fully saturated rings. The first-order chi connectivity index (χ1) is 19.1. The van der Waals surface area contributed by atoms with Gasteiger partial charge < -0.3 is 9.64 Å². The number of anilines is 1. The molecule has 0 radical (unpaired) electrons. The minimum atomic E-state index is -0.129. The molecule has 2 aliphatic heterocycles. The molecule has 2 amide bonds. The summed E-state index contributed by atoms with van der Waals surface area (Å²) in [5.41, 5.74) is 4.84. The minimum absolute atomic E-state index is 0.129. The van der Waals surface area contributed by atoms with E-state index in [9.17, 15) is 10.1 Å². The third-order valence-corrected chi connectivity index (χ3v) is 8.54. The predicted octanol–water partition coefficient (Wildman–Crippen LogP) is 4.93. The van der Waals surface area contributed by atoms with Crippen LogP contribution in [0, 0.1) is 18.3 Å². The number of amides is 2. The maximum absolute atomic E-state index is 13.3. The van der Waals surface area contributed by atoms with E-state index in [1.54, 1.807) is 12.4 Å². The first kappa shape index (κ1) is 25.4. The number of likely N-dealkylation sites (tertiary alicyclic amines) is 1. The van der Waals surface area contributed by atoms with Gasteiger partial charge in [0, 0.05) is 48.9 Å². The second kappa shape index (κ2) is 11.1. The van der Waals surface area contributed by atoms with Crippen LogP contribution in [0.3, 0.4) is 0 Å². The molecule has 2 saturated heterocycles. The molecular formula is C29H29N7O2S. The summed E-state index contributed by atoms with van der Waals surface area (Å²) in [6, 6.07) is 16.0. The Hall–Kier alpha value is -3.91. The number of nitrogens with one attached hydrogen (secondary N) is 1. The maximum atomic E-state index is 13.3. The first-order valence-corrected chi connectivity index (χ1v) is 14.0. The number of piperidine rings is 1. The normalized spacial score (nSPS) is 16.8. The number of nitriles is 1. The lowest BCUT2D eigenvalue weighted by Crippen LogP contribution is -2.50. The zero-order chi connectivity index (χ0) is 26.8. The molecule has 0 aliphatic carbocycles. The van der Waals surface area contributed by atoms with E-state index >= 15 is 0 Å². The smallest absolute Gasteiger partial charge is 0.323 e. The van der Waals surface area contributed by atoms with Gasteiger partial charge in [0.2, 0.25) is 0 Å². The molecule has 6 rings (SSSR count). The number of thiazole rings is 1. The van der Waals surface area contributed by atoms with E-state index < -0.39 is 0 Å². The summed E-state index contributed by atoms with van der Waals surface area (Å²) in [5.74, 6) is 0. The Morgan fingerprint density at radius 3 is 2.69 bits per heavy atom. The molecule has 0 saturated carbocycles. The quantitative estimate of drug-likeness (QED) is 0.392. The van der Waals surface area contributed by atoms with Gasteiger partial charge in [0.25, 0.3) is 0 Å². The largest absolute Gasteiger partial charge is 0.379 e. The van der Waals surface area contributed by atoms with Crippen molar-refractivity contribution in [2.75, 3.05) is 44.7 Å². The standard InChI is InChI=1S/C29H29N7O2S/c1-19-24-16-22(5-6-25(24)32-18-31-19)27-26(21-4-2-3-20(15-21)17-30)33-28(39-27)34-29(37)36-9-7-23(8-10-36)35-11-13-38-14-12-35/h2-6,15-16,18,23H,7-14H2,1H3,(H,33,34,37). The summed E-state index contributed by atoms with van der Waals surface area (Å²) in [4.78, 5) is 32.1. The number of carbonyl (C=O) groups is 1. The molecule has 4 aromatic rings. The molecule has 0 spiro atoms. The highest BCUT2D eigenvalue weighted by atomic mass is 32.1. The number of morpholine rings is 1. The predicted molar refractivity (Wildman–Crippen MR) is 152 cm³/mol. The summed E-state index contributed by atoms with van der Waals surface area (Å²) in [5, 5.41) is 14.0. The summed E-state index contributed by atoms with van der Waals surface area (Å²) in [7, 11) is 0. The third kappa shape index (κ3) is 5.34. The second-order valence-electron chi connectivity index (χ2n) is 9.88. The Morgan fingerprint density at radius 2 is 1.90 bits per heavy atom. The van der Waals surface area contributed by atoms with Crippen LogP contribution < -0.4 is 5.32 Å². The molecular weight excluding hydrogens is 510 g/mol. The lowest BCUT2D eigenvalue weighted by atomic mass is 10.0. The van der Waals surface area contributed by atoms with Crippen molar-refractivity contribution in [3.05, 3.63) is 60.0 Å². The van der Waals surface area contributed by atoms with Gasteiger partial charge in [-0.15, -0.1) is 0 Å². The lowest BCUT2D eigenvalue weighted by Gasteiger charge is -2.39.